The van der Waals surface area contributed by atoms with Crippen LogP contribution >= 0.6 is 11.6 Å². The highest BCUT2D eigenvalue weighted by Crippen LogP contribution is 2.31. The minimum Gasteiger partial charge on any atom is -0.508 e. The molecule has 0 spiro atoms. The fourth-order valence-electron chi connectivity index (χ4n) is 3.74. The molecule has 3 atom stereocenters. The number of carbonyl (C=O) groups is 2. The molecule has 1 aliphatic heterocycles. The van der Waals surface area contributed by atoms with Crippen molar-refractivity contribution in [2.24, 2.45) is 5.92 Å². The highest BCUT2D eigenvalue weighted by molar-refractivity contribution is 6.30. The van der Waals surface area contributed by atoms with Crippen LogP contribution in [0.3, 0.4) is 0 Å². The third kappa shape index (κ3) is 4.76. The Labute approximate surface area is 179 Å². The van der Waals surface area contributed by atoms with Gasteiger partial charge in [-0.2, -0.15) is 0 Å². The number of aliphatic hydroxyl groups is 1. The van der Waals surface area contributed by atoms with Crippen molar-refractivity contribution in [3.8, 4) is 5.75 Å². The SMILES string of the molecule is Cc1cc(C(C(=O)N2C[C@H](O)C[C@H]2C(=O)NCc2ccc(Cl)cc2O)C(C)C)on1. The maximum Gasteiger partial charge on any atom is 0.243 e. The first kappa shape index (κ1) is 22.1. The van der Waals surface area contributed by atoms with E-state index in [1.54, 1.807) is 25.1 Å². The third-order valence-corrected chi connectivity index (χ3v) is 5.49. The number of phenolic OH excluding ortho intramolecular Hbond substituents is 1. The maximum absolute atomic E-state index is 13.3. The first-order valence-corrected chi connectivity index (χ1v) is 10.2. The van der Waals surface area contributed by atoms with Crippen molar-refractivity contribution in [3.63, 3.8) is 0 Å². The minimum absolute atomic E-state index is 0.0252. The molecule has 1 aliphatic rings. The van der Waals surface area contributed by atoms with Crippen LogP contribution in [0.5, 0.6) is 5.75 Å². The number of phenols is 1. The summed E-state index contributed by atoms with van der Waals surface area (Å²) in [5, 5.41) is 27.1. The largest absolute Gasteiger partial charge is 0.508 e. The highest BCUT2D eigenvalue weighted by Gasteiger charge is 2.43. The number of halogens is 1. The van der Waals surface area contributed by atoms with Crippen molar-refractivity contribution in [3.05, 3.63) is 46.3 Å². The van der Waals surface area contributed by atoms with Gasteiger partial charge in [-0.3, -0.25) is 9.59 Å². The van der Waals surface area contributed by atoms with Gasteiger partial charge in [-0.05, 0) is 25.0 Å². The number of aromatic nitrogens is 1. The number of β-amino-alcohol motifs (C(OH)–C–C–N with tert-alkyl or cyclic N) is 1. The van der Waals surface area contributed by atoms with Crippen molar-refractivity contribution < 1.29 is 24.3 Å². The average Bonchev–Trinajstić information content (AvgIpc) is 3.26. The van der Waals surface area contributed by atoms with E-state index >= 15 is 0 Å². The van der Waals surface area contributed by atoms with Gasteiger partial charge in [0.05, 0.1) is 11.8 Å². The number of benzene rings is 1. The number of carbonyl (C=O) groups excluding carboxylic acids is 2. The summed E-state index contributed by atoms with van der Waals surface area (Å²) in [4.78, 5) is 27.6. The Bertz CT molecular complexity index is 929. The average molecular weight is 436 g/mol. The molecule has 8 nitrogen and oxygen atoms in total. The highest BCUT2D eigenvalue weighted by atomic mass is 35.5. The molecule has 9 heteroatoms. The van der Waals surface area contributed by atoms with Crippen LogP contribution in [0.4, 0.5) is 0 Å². The van der Waals surface area contributed by atoms with Gasteiger partial charge in [0.15, 0.2) is 0 Å². The van der Waals surface area contributed by atoms with Crippen LogP contribution in [-0.4, -0.2) is 50.8 Å². The van der Waals surface area contributed by atoms with Crippen molar-refractivity contribution >= 4 is 23.4 Å². The van der Waals surface area contributed by atoms with E-state index < -0.39 is 24.0 Å². The van der Waals surface area contributed by atoms with Crippen molar-refractivity contribution in [1.82, 2.24) is 15.4 Å². The number of nitrogens with zero attached hydrogens (tertiary/aromatic N) is 2. The van der Waals surface area contributed by atoms with Gasteiger partial charge in [-0.1, -0.05) is 36.7 Å². The molecular weight excluding hydrogens is 410 g/mol. The number of likely N-dealkylation sites (tertiary alicyclic amines) is 1. The molecule has 1 aromatic heterocycles. The zero-order valence-electron chi connectivity index (χ0n) is 17.1. The summed E-state index contributed by atoms with van der Waals surface area (Å²) in [6.07, 6.45) is -0.650. The molecule has 0 aliphatic carbocycles. The summed E-state index contributed by atoms with van der Waals surface area (Å²) in [6, 6.07) is 5.53. The number of nitrogens with one attached hydrogen (secondary N) is 1. The summed E-state index contributed by atoms with van der Waals surface area (Å²) in [6.45, 7) is 5.71. The topological polar surface area (TPSA) is 116 Å². The molecule has 2 amide bonds. The molecule has 0 bridgehead atoms. The summed E-state index contributed by atoms with van der Waals surface area (Å²) < 4.78 is 5.32. The number of amides is 2. The first-order valence-electron chi connectivity index (χ1n) is 9.84. The lowest BCUT2D eigenvalue weighted by Gasteiger charge is -2.28. The molecule has 3 N–H and O–H groups in total. The predicted octanol–water partition coefficient (Wildman–Crippen LogP) is 2.36. The molecule has 3 rings (SSSR count). The van der Waals surface area contributed by atoms with E-state index in [2.05, 4.69) is 10.5 Å². The minimum atomic E-state index is -0.813. The van der Waals surface area contributed by atoms with Crippen LogP contribution in [0.25, 0.3) is 0 Å². The molecule has 1 unspecified atom stereocenters. The van der Waals surface area contributed by atoms with E-state index in [1.165, 1.54) is 11.0 Å². The van der Waals surface area contributed by atoms with Crippen LogP contribution in [-0.2, 0) is 16.1 Å². The zero-order valence-corrected chi connectivity index (χ0v) is 17.9. The normalized spacial score (nSPS) is 19.9. The molecule has 162 valence electrons. The Morgan fingerprint density at radius 2 is 2.10 bits per heavy atom. The van der Waals surface area contributed by atoms with Gasteiger partial charge in [0.2, 0.25) is 11.8 Å². The van der Waals surface area contributed by atoms with Crippen LogP contribution in [0, 0.1) is 12.8 Å². The molecule has 1 saturated heterocycles. The van der Waals surface area contributed by atoms with E-state index in [9.17, 15) is 19.8 Å². The Hall–Kier alpha value is -2.58. The second-order valence-electron chi connectivity index (χ2n) is 7.98. The molecule has 30 heavy (non-hydrogen) atoms. The Morgan fingerprint density at radius 1 is 1.37 bits per heavy atom. The zero-order chi connectivity index (χ0) is 22.0. The predicted molar refractivity (Wildman–Crippen MR) is 110 cm³/mol. The molecule has 1 fully saturated rings. The van der Waals surface area contributed by atoms with Crippen LogP contribution in [0.15, 0.2) is 28.8 Å². The van der Waals surface area contributed by atoms with Crippen molar-refractivity contribution in [2.45, 2.75) is 51.8 Å². The lowest BCUT2D eigenvalue weighted by molar-refractivity contribution is -0.141. The quantitative estimate of drug-likeness (QED) is 0.641. The van der Waals surface area contributed by atoms with Gasteiger partial charge in [-0.25, -0.2) is 0 Å². The monoisotopic (exact) mass is 435 g/mol. The standard InChI is InChI=1S/C21H26ClN3O5/c1-11(2)19(18-6-12(3)24-30-18)21(29)25-10-15(26)8-16(25)20(28)23-9-13-4-5-14(22)7-17(13)27/h4-7,11,15-16,19,26-27H,8-10H2,1-3H3,(H,23,28)/t15-,16+,19?/m1/s1. The van der Waals surface area contributed by atoms with E-state index in [4.69, 9.17) is 16.1 Å². The fourth-order valence-corrected chi connectivity index (χ4v) is 3.90. The van der Waals surface area contributed by atoms with E-state index in [0.717, 1.165) is 0 Å². The summed E-state index contributed by atoms with van der Waals surface area (Å²) in [5.74, 6) is -0.955. The molecule has 2 aromatic rings. The number of aryl methyl sites for hydroxylation is 1. The molecule has 0 radical (unpaired) electrons. The number of hydrogen-bond acceptors (Lipinski definition) is 6. The number of aliphatic hydroxyl groups excluding tert-OH is 1. The van der Waals surface area contributed by atoms with Gasteiger partial charge >= 0.3 is 0 Å². The Kier molecular flexibility index (Phi) is 6.67. The summed E-state index contributed by atoms with van der Waals surface area (Å²) in [7, 11) is 0. The summed E-state index contributed by atoms with van der Waals surface area (Å²) in [5.41, 5.74) is 1.17. The molecule has 2 heterocycles. The van der Waals surface area contributed by atoms with Crippen LogP contribution in [0.1, 0.15) is 43.2 Å². The third-order valence-electron chi connectivity index (χ3n) is 5.25. The van der Waals surface area contributed by atoms with Gasteiger partial charge in [-0.15, -0.1) is 0 Å². The second-order valence-corrected chi connectivity index (χ2v) is 8.42. The maximum atomic E-state index is 13.3. The number of aromatic hydroxyl groups is 1. The lowest BCUT2D eigenvalue weighted by atomic mass is 9.91. The van der Waals surface area contributed by atoms with E-state index in [1.807, 2.05) is 13.8 Å². The second kappa shape index (κ2) is 9.06. The van der Waals surface area contributed by atoms with Crippen molar-refractivity contribution in [1.29, 1.82) is 0 Å². The smallest absolute Gasteiger partial charge is 0.243 e. The molecule has 1 aromatic carbocycles. The number of hydrogen-bond donors (Lipinski definition) is 3. The number of rotatable bonds is 6. The Balaban J connectivity index is 1.75. The Morgan fingerprint density at radius 3 is 2.70 bits per heavy atom. The van der Waals surface area contributed by atoms with Gasteiger partial charge in [0.25, 0.3) is 0 Å². The summed E-state index contributed by atoms with van der Waals surface area (Å²) >= 11 is 5.83. The van der Waals surface area contributed by atoms with E-state index in [-0.39, 0.29) is 37.1 Å². The molecule has 0 saturated carbocycles. The van der Waals surface area contributed by atoms with Gasteiger partial charge in [0, 0.05) is 36.2 Å². The van der Waals surface area contributed by atoms with Gasteiger partial charge in [0.1, 0.15) is 23.5 Å². The lowest BCUT2D eigenvalue weighted by Crippen LogP contribution is -2.48. The molecular formula is C21H26ClN3O5. The van der Waals surface area contributed by atoms with Crippen molar-refractivity contribution in [2.75, 3.05) is 6.54 Å². The van der Waals surface area contributed by atoms with E-state index in [0.29, 0.717) is 22.0 Å². The first-order chi connectivity index (χ1) is 14.2. The van der Waals surface area contributed by atoms with Gasteiger partial charge < -0.3 is 25.0 Å². The van der Waals surface area contributed by atoms with Crippen LogP contribution in [0.2, 0.25) is 5.02 Å². The van der Waals surface area contributed by atoms with Crippen LogP contribution < -0.4 is 5.32 Å². The fraction of sp³-hybridized carbons (Fsp3) is 0.476.